The second-order valence-corrected chi connectivity index (χ2v) is 7.29. The number of allylic oxidation sites excluding steroid dienone is 1. The molecule has 0 aliphatic carbocycles. The lowest BCUT2D eigenvalue weighted by atomic mass is 10.1. The summed E-state index contributed by atoms with van der Waals surface area (Å²) < 4.78 is 17.5. The van der Waals surface area contributed by atoms with Gasteiger partial charge in [-0.3, -0.25) is 4.79 Å². The van der Waals surface area contributed by atoms with Crippen molar-refractivity contribution in [3.05, 3.63) is 93.7 Å². The Morgan fingerprint density at radius 3 is 2.63 bits per heavy atom. The molecule has 0 fully saturated rings. The van der Waals surface area contributed by atoms with Crippen molar-refractivity contribution in [2.24, 2.45) is 0 Å². The number of ketones is 1. The van der Waals surface area contributed by atoms with Gasteiger partial charge in [0.25, 0.3) is 0 Å². The third-order valence-electron chi connectivity index (χ3n) is 4.45. The number of fused-ring (bicyclic) bond motifs is 1. The molecule has 0 radical (unpaired) electrons. The Balaban J connectivity index is 1.57. The van der Waals surface area contributed by atoms with Crippen LogP contribution < -0.4 is 14.2 Å². The van der Waals surface area contributed by atoms with Gasteiger partial charge in [-0.25, -0.2) is 4.79 Å². The van der Waals surface area contributed by atoms with E-state index < -0.39 is 5.97 Å². The highest BCUT2D eigenvalue weighted by molar-refractivity contribution is 9.10. The Morgan fingerprint density at radius 1 is 1.07 bits per heavy atom. The zero-order valence-electron chi connectivity index (χ0n) is 16.1. The van der Waals surface area contributed by atoms with E-state index in [1.165, 1.54) is 6.07 Å². The van der Waals surface area contributed by atoms with Crippen molar-refractivity contribution in [2.45, 2.75) is 6.92 Å². The normalized spacial score (nSPS) is 13.7. The van der Waals surface area contributed by atoms with Crippen molar-refractivity contribution in [3.63, 3.8) is 0 Å². The maximum absolute atomic E-state index is 12.7. The van der Waals surface area contributed by atoms with Crippen LogP contribution in [0.15, 0.2) is 77.0 Å². The molecular weight excluding hydrogens is 448 g/mol. The fraction of sp³-hybridized carbons (Fsp3) is 0.0833. The molecule has 30 heavy (non-hydrogen) atoms. The summed E-state index contributed by atoms with van der Waals surface area (Å²) >= 11 is 3.34. The minimum Gasteiger partial charge on any atom is -0.493 e. The zero-order valence-corrected chi connectivity index (χ0v) is 17.6. The van der Waals surface area contributed by atoms with Crippen molar-refractivity contribution < 1.29 is 23.8 Å². The maximum Gasteiger partial charge on any atom is 0.344 e. The fourth-order valence-corrected chi connectivity index (χ4v) is 3.49. The van der Waals surface area contributed by atoms with Gasteiger partial charge in [0.05, 0.1) is 17.7 Å². The van der Waals surface area contributed by atoms with Gasteiger partial charge in [-0.15, -0.1) is 0 Å². The topological polar surface area (TPSA) is 61.8 Å². The van der Waals surface area contributed by atoms with E-state index in [2.05, 4.69) is 15.9 Å². The van der Waals surface area contributed by atoms with Crippen molar-refractivity contribution in [1.29, 1.82) is 0 Å². The number of halogens is 1. The molecule has 0 saturated carbocycles. The molecule has 4 rings (SSSR count). The summed E-state index contributed by atoms with van der Waals surface area (Å²) in [5, 5.41) is 0. The van der Waals surface area contributed by atoms with Gasteiger partial charge in [0.15, 0.2) is 5.76 Å². The molecule has 5 nitrogen and oxygen atoms in total. The van der Waals surface area contributed by atoms with Gasteiger partial charge in [-0.05, 0) is 59.3 Å². The molecule has 0 saturated heterocycles. The van der Waals surface area contributed by atoms with Crippen LogP contribution in [-0.4, -0.2) is 18.4 Å². The quantitative estimate of drug-likeness (QED) is 0.276. The molecule has 0 amide bonds. The summed E-state index contributed by atoms with van der Waals surface area (Å²) in [6, 6.07) is 19.1. The number of hydrogen-bond acceptors (Lipinski definition) is 5. The molecule has 1 aliphatic heterocycles. The molecule has 0 unspecified atom stereocenters. The highest BCUT2D eigenvalue weighted by atomic mass is 79.9. The summed E-state index contributed by atoms with van der Waals surface area (Å²) in [6.07, 6.45) is 1.65. The van der Waals surface area contributed by atoms with Crippen LogP contribution in [0.3, 0.4) is 0 Å². The Labute approximate surface area is 182 Å². The predicted molar refractivity (Wildman–Crippen MR) is 116 cm³/mol. The van der Waals surface area contributed by atoms with Crippen LogP contribution in [0.4, 0.5) is 0 Å². The standard InChI is InChI=1S/C24H17BrO5/c1-2-28-20-10-6-3-7-15(20)13-22-23(26)18-12-11-16(14-21(18)30-22)29-24(27)17-8-4-5-9-19(17)25/h3-14H,2H2,1H3/b22-13-. The molecule has 150 valence electrons. The Hall–Kier alpha value is -3.38. The van der Waals surface area contributed by atoms with Gasteiger partial charge in [-0.1, -0.05) is 30.3 Å². The van der Waals surface area contributed by atoms with Gasteiger partial charge < -0.3 is 14.2 Å². The molecule has 1 heterocycles. The summed E-state index contributed by atoms with van der Waals surface area (Å²) in [6.45, 7) is 2.41. The van der Waals surface area contributed by atoms with Crippen LogP contribution in [0.5, 0.6) is 17.2 Å². The number of benzene rings is 3. The van der Waals surface area contributed by atoms with E-state index in [1.54, 1.807) is 36.4 Å². The first kappa shape index (κ1) is 19.9. The largest absolute Gasteiger partial charge is 0.493 e. The summed E-state index contributed by atoms with van der Waals surface area (Å²) in [5.41, 5.74) is 1.56. The minimum absolute atomic E-state index is 0.187. The van der Waals surface area contributed by atoms with E-state index in [0.29, 0.717) is 39.5 Å². The molecule has 1 aliphatic rings. The van der Waals surface area contributed by atoms with Crippen LogP contribution in [0.25, 0.3) is 6.08 Å². The first-order chi connectivity index (χ1) is 14.6. The average molecular weight is 465 g/mol. The number of para-hydroxylation sites is 1. The maximum atomic E-state index is 12.7. The van der Waals surface area contributed by atoms with Crippen LogP contribution >= 0.6 is 15.9 Å². The second kappa shape index (κ2) is 8.55. The highest BCUT2D eigenvalue weighted by Crippen LogP contribution is 2.36. The van der Waals surface area contributed by atoms with Crippen LogP contribution in [-0.2, 0) is 0 Å². The van der Waals surface area contributed by atoms with Crippen LogP contribution in [0, 0.1) is 0 Å². The second-order valence-electron chi connectivity index (χ2n) is 6.44. The molecule has 0 bridgehead atoms. The molecule has 0 spiro atoms. The minimum atomic E-state index is -0.506. The lowest BCUT2D eigenvalue weighted by Crippen LogP contribution is -2.09. The molecule has 6 heteroatoms. The van der Waals surface area contributed by atoms with E-state index >= 15 is 0 Å². The molecule has 3 aromatic carbocycles. The number of carbonyl (C=O) groups is 2. The monoisotopic (exact) mass is 464 g/mol. The first-order valence-electron chi connectivity index (χ1n) is 9.33. The van der Waals surface area contributed by atoms with E-state index in [0.717, 1.165) is 5.56 Å². The lowest BCUT2D eigenvalue weighted by molar-refractivity contribution is 0.0733. The molecule has 0 aromatic heterocycles. The van der Waals surface area contributed by atoms with Gasteiger partial charge in [-0.2, -0.15) is 0 Å². The van der Waals surface area contributed by atoms with Crippen molar-refractivity contribution in [3.8, 4) is 17.2 Å². The van der Waals surface area contributed by atoms with Gasteiger partial charge in [0.2, 0.25) is 5.78 Å². The Kier molecular flexibility index (Phi) is 5.68. The van der Waals surface area contributed by atoms with Gasteiger partial charge >= 0.3 is 5.97 Å². The SMILES string of the molecule is CCOc1ccccc1/C=C1\Oc2cc(OC(=O)c3ccccc3Br)ccc2C1=O. The third-order valence-corrected chi connectivity index (χ3v) is 5.14. The Bertz CT molecular complexity index is 1170. The number of hydrogen-bond donors (Lipinski definition) is 0. The smallest absolute Gasteiger partial charge is 0.344 e. The fourth-order valence-electron chi connectivity index (χ4n) is 3.05. The summed E-state index contributed by atoms with van der Waals surface area (Å²) in [4.78, 5) is 25.1. The number of Topliss-reactive ketones (excluding diaryl/α,β-unsaturated/α-hetero) is 1. The first-order valence-corrected chi connectivity index (χ1v) is 10.1. The molecular formula is C24H17BrO5. The number of rotatable bonds is 5. The van der Waals surface area contributed by atoms with E-state index in [9.17, 15) is 9.59 Å². The average Bonchev–Trinajstić information content (AvgIpc) is 3.04. The molecule has 3 aromatic rings. The summed E-state index contributed by atoms with van der Waals surface area (Å²) in [5.74, 6) is 0.748. The van der Waals surface area contributed by atoms with E-state index in [-0.39, 0.29) is 11.5 Å². The third kappa shape index (κ3) is 4.00. The lowest BCUT2D eigenvalue weighted by Gasteiger charge is -2.07. The van der Waals surface area contributed by atoms with Gasteiger partial charge in [0, 0.05) is 16.1 Å². The summed E-state index contributed by atoms with van der Waals surface area (Å²) in [7, 11) is 0. The number of ether oxygens (including phenoxy) is 3. The predicted octanol–water partition coefficient (Wildman–Crippen LogP) is 5.68. The van der Waals surface area contributed by atoms with Gasteiger partial charge in [0.1, 0.15) is 17.2 Å². The molecule has 0 atom stereocenters. The van der Waals surface area contributed by atoms with Crippen LogP contribution in [0.2, 0.25) is 0 Å². The number of esters is 1. The van der Waals surface area contributed by atoms with Crippen molar-refractivity contribution in [1.82, 2.24) is 0 Å². The Morgan fingerprint density at radius 2 is 1.83 bits per heavy atom. The zero-order chi connectivity index (χ0) is 21.1. The highest BCUT2D eigenvalue weighted by Gasteiger charge is 2.28. The van der Waals surface area contributed by atoms with E-state index in [4.69, 9.17) is 14.2 Å². The van der Waals surface area contributed by atoms with E-state index in [1.807, 2.05) is 37.3 Å². The molecule has 0 N–H and O–H groups in total. The number of carbonyl (C=O) groups excluding carboxylic acids is 2. The van der Waals surface area contributed by atoms with Crippen molar-refractivity contribution in [2.75, 3.05) is 6.61 Å². The van der Waals surface area contributed by atoms with Crippen molar-refractivity contribution >= 4 is 33.8 Å². The van der Waals surface area contributed by atoms with Crippen LogP contribution in [0.1, 0.15) is 33.2 Å².